The van der Waals surface area contributed by atoms with E-state index >= 15 is 0 Å². The van der Waals surface area contributed by atoms with Crippen LogP contribution in [-0.4, -0.2) is 11.4 Å². The molecule has 0 aromatic heterocycles. The third-order valence-electron chi connectivity index (χ3n) is 3.57. The predicted octanol–water partition coefficient (Wildman–Crippen LogP) is 3.11. The Balaban J connectivity index is 2.04. The second kappa shape index (κ2) is 3.83. The van der Waals surface area contributed by atoms with Gasteiger partial charge >= 0.3 is 0 Å². The molecular weight excluding hydrogens is 334 g/mol. The van der Waals surface area contributed by atoms with E-state index in [0.717, 1.165) is 25.7 Å². The summed E-state index contributed by atoms with van der Waals surface area (Å²) in [5.41, 5.74) is 0.870. The van der Waals surface area contributed by atoms with E-state index in [0.29, 0.717) is 14.9 Å². The van der Waals surface area contributed by atoms with E-state index in [4.69, 9.17) is 0 Å². The van der Waals surface area contributed by atoms with Gasteiger partial charge in [-0.15, -0.1) is 0 Å². The van der Waals surface area contributed by atoms with Gasteiger partial charge in [-0.3, -0.25) is 4.79 Å². The number of rotatable bonds is 0. The highest BCUT2D eigenvalue weighted by molar-refractivity contribution is 14.1. The van der Waals surface area contributed by atoms with Crippen LogP contribution in [0.15, 0.2) is 12.1 Å². The Morgan fingerprint density at radius 1 is 1.24 bits per heavy atom. The lowest BCUT2D eigenvalue weighted by molar-refractivity contribution is -0.120. The Kier molecular flexibility index (Phi) is 2.53. The summed E-state index contributed by atoms with van der Waals surface area (Å²) in [5.74, 6) is -0.231. The third kappa shape index (κ3) is 1.71. The molecule has 1 fully saturated rings. The molecule has 1 aromatic rings. The van der Waals surface area contributed by atoms with Crippen LogP contribution in [-0.2, 0) is 4.79 Å². The molecule has 0 atom stereocenters. The van der Waals surface area contributed by atoms with Crippen LogP contribution in [0.3, 0.4) is 0 Å². The van der Waals surface area contributed by atoms with Gasteiger partial charge in [-0.25, -0.2) is 4.39 Å². The molecule has 3 nitrogen and oxygen atoms in total. The van der Waals surface area contributed by atoms with Gasteiger partial charge in [-0.1, -0.05) is 12.8 Å². The van der Waals surface area contributed by atoms with Crippen molar-refractivity contribution in [1.82, 2.24) is 0 Å². The summed E-state index contributed by atoms with van der Waals surface area (Å²) >= 11 is 1.92. The lowest BCUT2D eigenvalue weighted by atomic mass is 9.93. The first kappa shape index (κ1) is 11.3. The van der Waals surface area contributed by atoms with Crippen LogP contribution in [0.1, 0.15) is 25.7 Å². The molecule has 0 radical (unpaired) electrons. The molecule has 17 heavy (non-hydrogen) atoms. The summed E-state index contributed by atoms with van der Waals surface area (Å²) in [5, 5.41) is 6.12. The van der Waals surface area contributed by atoms with Gasteiger partial charge < -0.3 is 10.6 Å². The number of anilines is 2. The number of hydrogen-bond donors (Lipinski definition) is 2. The third-order valence-corrected chi connectivity index (χ3v) is 4.40. The molecule has 1 aliphatic carbocycles. The van der Waals surface area contributed by atoms with Gasteiger partial charge in [-0.2, -0.15) is 0 Å². The van der Waals surface area contributed by atoms with E-state index in [9.17, 15) is 9.18 Å². The first-order valence-electron chi connectivity index (χ1n) is 5.69. The Bertz CT molecular complexity index is 498. The summed E-state index contributed by atoms with van der Waals surface area (Å²) in [4.78, 5) is 12.1. The largest absolute Gasteiger partial charge is 0.369 e. The highest BCUT2D eigenvalue weighted by atomic mass is 127. The number of nitrogens with one attached hydrogen (secondary N) is 2. The standard InChI is InChI=1S/C12H12FIN2O/c13-7-5-10-9(6-8(7)14)15-11(17)12(16-10)3-1-2-4-12/h5-6,16H,1-4H2,(H,15,17). The van der Waals surface area contributed by atoms with Gasteiger partial charge in [-0.05, 0) is 41.5 Å². The molecular formula is C12H12FIN2O. The highest BCUT2D eigenvalue weighted by Crippen LogP contribution is 2.40. The summed E-state index contributed by atoms with van der Waals surface area (Å²) < 4.78 is 14.0. The van der Waals surface area contributed by atoms with Crippen LogP contribution in [0.5, 0.6) is 0 Å². The number of halogens is 2. The molecule has 0 unspecified atom stereocenters. The maximum absolute atomic E-state index is 13.5. The van der Waals surface area contributed by atoms with Crippen molar-refractivity contribution in [2.75, 3.05) is 10.6 Å². The van der Waals surface area contributed by atoms with Crippen LogP contribution in [0, 0.1) is 9.39 Å². The second-order valence-electron chi connectivity index (χ2n) is 4.68. The number of fused-ring (bicyclic) bond motifs is 1. The summed E-state index contributed by atoms with van der Waals surface area (Å²) in [6.07, 6.45) is 3.74. The van der Waals surface area contributed by atoms with E-state index in [1.54, 1.807) is 6.07 Å². The molecule has 5 heteroatoms. The van der Waals surface area contributed by atoms with Crippen LogP contribution in [0.4, 0.5) is 15.8 Å². The predicted molar refractivity (Wildman–Crippen MR) is 72.6 cm³/mol. The zero-order chi connectivity index (χ0) is 12.0. The Labute approximate surface area is 112 Å². The molecule has 1 saturated carbocycles. The first-order chi connectivity index (χ1) is 8.11. The summed E-state index contributed by atoms with van der Waals surface area (Å²) in [7, 11) is 0. The molecule has 3 rings (SSSR count). The van der Waals surface area contributed by atoms with Crippen LogP contribution in [0.2, 0.25) is 0 Å². The van der Waals surface area contributed by atoms with Crippen LogP contribution >= 0.6 is 22.6 Å². The van der Waals surface area contributed by atoms with Crippen molar-refractivity contribution in [2.45, 2.75) is 31.2 Å². The smallest absolute Gasteiger partial charge is 0.250 e. The Morgan fingerprint density at radius 2 is 1.94 bits per heavy atom. The van der Waals surface area contributed by atoms with Crippen LogP contribution in [0.25, 0.3) is 0 Å². The maximum atomic E-state index is 13.5. The number of benzene rings is 1. The van der Waals surface area contributed by atoms with Gasteiger partial charge in [0.15, 0.2) is 0 Å². The molecule has 0 bridgehead atoms. The molecule has 1 heterocycles. The van der Waals surface area contributed by atoms with Crippen molar-refractivity contribution in [1.29, 1.82) is 0 Å². The topological polar surface area (TPSA) is 41.1 Å². The van der Waals surface area contributed by atoms with Gasteiger partial charge in [0.05, 0.1) is 14.9 Å². The molecule has 90 valence electrons. The lowest BCUT2D eigenvalue weighted by Gasteiger charge is -2.35. The molecule has 2 aliphatic rings. The number of hydrogen-bond acceptors (Lipinski definition) is 2. The van der Waals surface area contributed by atoms with Crippen molar-refractivity contribution in [3.63, 3.8) is 0 Å². The molecule has 1 aromatic carbocycles. The average molecular weight is 346 g/mol. The minimum Gasteiger partial charge on any atom is -0.369 e. The van der Waals surface area contributed by atoms with E-state index in [1.807, 2.05) is 22.6 Å². The zero-order valence-corrected chi connectivity index (χ0v) is 11.3. The van der Waals surface area contributed by atoms with Crippen molar-refractivity contribution >= 4 is 39.9 Å². The maximum Gasteiger partial charge on any atom is 0.250 e. The minimum absolute atomic E-state index is 0.0184. The molecule has 1 spiro atoms. The molecule has 1 amide bonds. The fraction of sp³-hybridized carbons (Fsp3) is 0.417. The molecule has 2 N–H and O–H groups in total. The quantitative estimate of drug-likeness (QED) is 0.709. The van der Waals surface area contributed by atoms with E-state index in [1.165, 1.54) is 6.07 Å². The molecule has 1 aliphatic heterocycles. The van der Waals surface area contributed by atoms with Crippen molar-refractivity contribution < 1.29 is 9.18 Å². The van der Waals surface area contributed by atoms with E-state index < -0.39 is 5.54 Å². The van der Waals surface area contributed by atoms with Crippen molar-refractivity contribution in [3.8, 4) is 0 Å². The first-order valence-corrected chi connectivity index (χ1v) is 6.77. The number of carbonyl (C=O) groups is 1. The zero-order valence-electron chi connectivity index (χ0n) is 9.15. The lowest BCUT2D eigenvalue weighted by Crippen LogP contribution is -2.50. The second-order valence-corrected chi connectivity index (χ2v) is 5.84. The molecule has 0 saturated heterocycles. The minimum atomic E-state index is -0.508. The van der Waals surface area contributed by atoms with E-state index in [2.05, 4.69) is 10.6 Å². The van der Waals surface area contributed by atoms with Crippen molar-refractivity contribution in [2.24, 2.45) is 0 Å². The number of amides is 1. The average Bonchev–Trinajstić information content (AvgIpc) is 2.73. The van der Waals surface area contributed by atoms with E-state index in [-0.39, 0.29) is 11.7 Å². The van der Waals surface area contributed by atoms with Gasteiger partial charge in [0.1, 0.15) is 11.4 Å². The van der Waals surface area contributed by atoms with Gasteiger partial charge in [0.25, 0.3) is 0 Å². The van der Waals surface area contributed by atoms with Crippen molar-refractivity contribution in [3.05, 3.63) is 21.5 Å². The summed E-state index contributed by atoms with van der Waals surface area (Å²) in [6, 6.07) is 3.13. The fourth-order valence-corrected chi connectivity index (χ4v) is 3.11. The highest BCUT2D eigenvalue weighted by Gasteiger charge is 2.44. The monoisotopic (exact) mass is 346 g/mol. The fourth-order valence-electron chi connectivity index (χ4n) is 2.64. The Morgan fingerprint density at radius 3 is 2.65 bits per heavy atom. The normalized spacial score (nSPS) is 20.9. The Hall–Kier alpha value is -0.850. The number of carbonyl (C=O) groups excluding carboxylic acids is 1. The van der Waals surface area contributed by atoms with Gasteiger partial charge in [0.2, 0.25) is 5.91 Å². The van der Waals surface area contributed by atoms with Crippen LogP contribution < -0.4 is 10.6 Å². The van der Waals surface area contributed by atoms with Gasteiger partial charge in [0, 0.05) is 6.07 Å². The SMILES string of the molecule is O=C1Nc2cc(I)c(F)cc2NC12CCCC2. The summed E-state index contributed by atoms with van der Waals surface area (Å²) in [6.45, 7) is 0.